The minimum Gasteiger partial charge on any atom is -0.326 e. The molecule has 2 saturated carbocycles. The van der Waals surface area contributed by atoms with E-state index in [1.807, 2.05) is 6.07 Å². The van der Waals surface area contributed by atoms with Crippen molar-refractivity contribution in [3.63, 3.8) is 0 Å². The summed E-state index contributed by atoms with van der Waals surface area (Å²) in [5.41, 5.74) is 0.297. The number of benzene rings is 1. The van der Waals surface area contributed by atoms with Gasteiger partial charge in [0.05, 0.1) is 24.7 Å². The van der Waals surface area contributed by atoms with E-state index in [4.69, 9.17) is 0 Å². The van der Waals surface area contributed by atoms with Crippen LogP contribution < -0.4 is 21.8 Å². The number of rotatable bonds is 9. The fourth-order valence-corrected chi connectivity index (χ4v) is 5.49. The largest absolute Gasteiger partial charge is 0.326 e. The fraction of sp³-hybridized carbons (Fsp3) is 0.387. The summed E-state index contributed by atoms with van der Waals surface area (Å²) in [6, 6.07) is 10.4. The number of halogens is 2. The van der Waals surface area contributed by atoms with E-state index >= 15 is 0 Å². The highest BCUT2D eigenvalue weighted by molar-refractivity contribution is 6.05. The van der Waals surface area contributed by atoms with Crippen molar-refractivity contribution in [2.24, 2.45) is 5.92 Å². The average Bonchev–Trinajstić information content (AvgIpc) is 3.78. The normalized spacial score (nSPS) is 17.5. The number of alkyl halides is 2. The molecule has 2 aromatic heterocycles. The van der Waals surface area contributed by atoms with Crippen LogP contribution in [-0.2, 0) is 6.54 Å². The van der Waals surface area contributed by atoms with Crippen molar-refractivity contribution in [2.45, 2.75) is 50.6 Å². The molecule has 3 N–H and O–H groups in total. The predicted molar refractivity (Wildman–Crippen MR) is 154 cm³/mol. The lowest BCUT2D eigenvalue weighted by molar-refractivity contribution is -0.113. The van der Waals surface area contributed by atoms with Gasteiger partial charge in [-0.05, 0) is 79.1 Å². The molecule has 3 aliphatic rings. The Hall–Kier alpha value is -4.63. The van der Waals surface area contributed by atoms with E-state index in [9.17, 15) is 33.2 Å². The topological polar surface area (TPSA) is 140 Å². The molecule has 2 amide bonds. The fourth-order valence-electron chi connectivity index (χ4n) is 5.49. The third-order valence-corrected chi connectivity index (χ3v) is 8.19. The standard InChI is InChI=1S/C31H30F2N6O4/c32-31(33)16-38(17-31)29(42)24-8-19(12-34)4-7-23(24)21-10-26(36-27(40)11-21)37-28(41)25-9-20(14-35-13-18-2-1-3-18)15-39(30(25)43)22-5-6-22/h4,7-11,15,18,22,35H,1-3,5-6,13-14,16-17H2,(H2,36,37,40,41). The first-order valence-corrected chi connectivity index (χ1v) is 14.3. The van der Waals surface area contributed by atoms with Crippen molar-refractivity contribution in [3.05, 3.63) is 85.6 Å². The molecule has 0 unspecified atom stereocenters. The number of carbonyl (C=O) groups is 2. The highest BCUT2D eigenvalue weighted by Gasteiger charge is 2.46. The summed E-state index contributed by atoms with van der Waals surface area (Å²) < 4.78 is 28.6. The first kappa shape index (κ1) is 28.5. The van der Waals surface area contributed by atoms with E-state index in [1.165, 1.54) is 49.6 Å². The quantitative estimate of drug-likeness (QED) is 0.349. The summed E-state index contributed by atoms with van der Waals surface area (Å²) in [4.78, 5) is 55.9. The van der Waals surface area contributed by atoms with Gasteiger partial charge in [0.25, 0.3) is 23.3 Å². The van der Waals surface area contributed by atoms with E-state index in [2.05, 4.69) is 15.6 Å². The van der Waals surface area contributed by atoms with E-state index < -0.39 is 41.9 Å². The maximum Gasteiger partial charge on any atom is 0.282 e. The molecule has 0 bridgehead atoms. The zero-order valence-electron chi connectivity index (χ0n) is 23.3. The van der Waals surface area contributed by atoms with Gasteiger partial charge in [-0.25, -0.2) is 8.78 Å². The second-order valence-corrected chi connectivity index (χ2v) is 11.6. The molecule has 43 heavy (non-hydrogen) atoms. The number of pyridine rings is 2. The van der Waals surface area contributed by atoms with Crippen LogP contribution in [0.15, 0.2) is 52.2 Å². The minimum absolute atomic E-state index is 0.0170. The van der Waals surface area contributed by atoms with E-state index in [1.54, 1.807) is 16.8 Å². The molecular formula is C31H30F2N6O4. The van der Waals surface area contributed by atoms with Gasteiger partial charge in [0, 0.05) is 30.4 Å². The minimum atomic E-state index is -2.98. The van der Waals surface area contributed by atoms with Crippen LogP contribution >= 0.6 is 0 Å². The molecular weight excluding hydrogens is 558 g/mol. The molecule has 0 radical (unpaired) electrons. The van der Waals surface area contributed by atoms with Gasteiger partial charge < -0.3 is 25.1 Å². The van der Waals surface area contributed by atoms with Crippen molar-refractivity contribution in [1.82, 2.24) is 19.8 Å². The van der Waals surface area contributed by atoms with Crippen LogP contribution in [0.5, 0.6) is 0 Å². The number of aromatic amines is 1. The molecule has 3 aromatic rings. The van der Waals surface area contributed by atoms with Gasteiger partial charge in [-0.1, -0.05) is 12.5 Å². The molecule has 6 rings (SSSR count). The summed E-state index contributed by atoms with van der Waals surface area (Å²) >= 11 is 0. The van der Waals surface area contributed by atoms with Gasteiger partial charge in [-0.3, -0.25) is 19.2 Å². The molecule has 1 saturated heterocycles. The second-order valence-electron chi connectivity index (χ2n) is 11.6. The Bertz CT molecular complexity index is 1760. The third-order valence-electron chi connectivity index (χ3n) is 8.19. The molecule has 222 valence electrons. The Morgan fingerprint density at radius 2 is 1.81 bits per heavy atom. The number of anilines is 1. The van der Waals surface area contributed by atoms with Crippen LogP contribution in [0, 0.1) is 17.2 Å². The summed E-state index contributed by atoms with van der Waals surface area (Å²) in [6.07, 6.45) is 7.15. The van der Waals surface area contributed by atoms with Crippen LogP contribution in [0.3, 0.4) is 0 Å². The number of nitrogens with zero attached hydrogens (tertiary/aromatic N) is 3. The van der Waals surface area contributed by atoms with Gasteiger partial charge in [0.2, 0.25) is 5.56 Å². The number of hydrogen-bond donors (Lipinski definition) is 3. The lowest BCUT2D eigenvalue weighted by Crippen LogP contribution is -2.58. The number of carbonyl (C=O) groups excluding carboxylic acids is 2. The Kier molecular flexibility index (Phi) is 7.43. The molecule has 0 spiro atoms. The number of amides is 2. The van der Waals surface area contributed by atoms with E-state index in [0.29, 0.717) is 12.5 Å². The number of hydrogen-bond acceptors (Lipinski definition) is 6. The van der Waals surface area contributed by atoms with Crippen LogP contribution in [0.1, 0.15) is 70.0 Å². The molecule has 0 atom stereocenters. The van der Waals surface area contributed by atoms with Crippen molar-refractivity contribution in [1.29, 1.82) is 5.26 Å². The predicted octanol–water partition coefficient (Wildman–Crippen LogP) is 3.64. The highest BCUT2D eigenvalue weighted by atomic mass is 19.3. The molecule has 2 aliphatic carbocycles. The zero-order chi connectivity index (χ0) is 30.3. The first-order valence-electron chi connectivity index (χ1n) is 14.3. The van der Waals surface area contributed by atoms with Crippen molar-refractivity contribution >= 4 is 17.6 Å². The highest BCUT2D eigenvalue weighted by Crippen LogP contribution is 2.34. The van der Waals surface area contributed by atoms with Crippen molar-refractivity contribution in [2.75, 3.05) is 25.0 Å². The molecule has 3 heterocycles. The number of H-pyrrole nitrogens is 1. The van der Waals surface area contributed by atoms with Gasteiger partial charge in [-0.2, -0.15) is 5.26 Å². The number of likely N-dealkylation sites (tertiary alicyclic amines) is 1. The second kappa shape index (κ2) is 11.2. The molecule has 1 aromatic carbocycles. The molecule has 10 nitrogen and oxygen atoms in total. The summed E-state index contributed by atoms with van der Waals surface area (Å²) in [5.74, 6) is -3.75. The summed E-state index contributed by atoms with van der Waals surface area (Å²) in [6.45, 7) is -0.106. The van der Waals surface area contributed by atoms with Crippen molar-refractivity contribution < 1.29 is 18.4 Å². The van der Waals surface area contributed by atoms with Crippen LogP contribution in [0.4, 0.5) is 14.6 Å². The van der Waals surface area contributed by atoms with Gasteiger partial charge in [0.15, 0.2) is 0 Å². The third kappa shape index (κ3) is 6.12. The zero-order valence-corrected chi connectivity index (χ0v) is 23.3. The van der Waals surface area contributed by atoms with Gasteiger partial charge in [0.1, 0.15) is 11.4 Å². The van der Waals surface area contributed by atoms with Crippen LogP contribution in [0.25, 0.3) is 11.1 Å². The summed E-state index contributed by atoms with van der Waals surface area (Å²) in [5, 5.41) is 15.4. The van der Waals surface area contributed by atoms with Gasteiger partial charge >= 0.3 is 0 Å². The van der Waals surface area contributed by atoms with Gasteiger partial charge in [-0.15, -0.1) is 0 Å². The lowest BCUT2D eigenvalue weighted by Gasteiger charge is -2.39. The first-order chi connectivity index (χ1) is 20.6. The molecule has 3 fully saturated rings. The van der Waals surface area contributed by atoms with Crippen LogP contribution in [-0.4, -0.2) is 51.8 Å². The Labute approximate surface area is 245 Å². The van der Waals surface area contributed by atoms with Crippen LogP contribution in [0.2, 0.25) is 0 Å². The Balaban J connectivity index is 1.28. The molecule has 1 aliphatic heterocycles. The SMILES string of the molecule is N#Cc1ccc(-c2cc(NC(=O)c3cc(CNCC4CCC4)cn(C4CC4)c3=O)[nH]c(=O)c2)c(C(=O)N2CC(F)(F)C2)c1. The molecule has 12 heteroatoms. The number of aromatic nitrogens is 2. The van der Waals surface area contributed by atoms with Crippen molar-refractivity contribution in [3.8, 4) is 17.2 Å². The number of nitriles is 1. The average molecular weight is 589 g/mol. The smallest absolute Gasteiger partial charge is 0.282 e. The Morgan fingerprint density at radius 3 is 2.47 bits per heavy atom. The number of nitrogens with one attached hydrogen (secondary N) is 3. The lowest BCUT2D eigenvalue weighted by atomic mass is 9.85. The van der Waals surface area contributed by atoms with E-state index in [0.717, 1.165) is 29.8 Å². The van der Waals surface area contributed by atoms with E-state index in [-0.39, 0.29) is 39.7 Å². The monoisotopic (exact) mass is 588 g/mol. The maximum absolute atomic E-state index is 13.5. The maximum atomic E-state index is 13.5. The summed E-state index contributed by atoms with van der Waals surface area (Å²) in [7, 11) is 0. The Morgan fingerprint density at radius 1 is 1.05 bits per heavy atom.